The SMILES string of the molecule is CC(C)c1csc(C(=O)N2CCC(CNC(=O)c3ccnnc3)CC2)n1. The first kappa shape index (κ1) is 18.4. The highest BCUT2D eigenvalue weighted by Gasteiger charge is 2.26. The average molecular weight is 373 g/mol. The molecule has 26 heavy (non-hydrogen) atoms. The summed E-state index contributed by atoms with van der Waals surface area (Å²) in [6.45, 7) is 6.16. The number of carbonyl (C=O) groups is 2. The molecule has 8 heteroatoms. The fraction of sp³-hybridized carbons (Fsp3) is 0.500. The summed E-state index contributed by atoms with van der Waals surface area (Å²) in [7, 11) is 0. The van der Waals surface area contributed by atoms with Gasteiger partial charge in [0.2, 0.25) is 0 Å². The van der Waals surface area contributed by atoms with Crippen LogP contribution in [0.25, 0.3) is 0 Å². The molecule has 0 radical (unpaired) electrons. The number of amides is 2. The van der Waals surface area contributed by atoms with Gasteiger partial charge in [0.1, 0.15) is 0 Å². The van der Waals surface area contributed by atoms with E-state index in [9.17, 15) is 9.59 Å². The van der Waals surface area contributed by atoms with Crippen LogP contribution in [-0.2, 0) is 0 Å². The van der Waals surface area contributed by atoms with Crippen LogP contribution >= 0.6 is 11.3 Å². The molecule has 2 aromatic heterocycles. The molecule has 2 aromatic rings. The van der Waals surface area contributed by atoms with Gasteiger partial charge in [-0.25, -0.2) is 4.98 Å². The summed E-state index contributed by atoms with van der Waals surface area (Å²) in [5.41, 5.74) is 1.49. The molecule has 1 aliphatic rings. The molecular weight excluding hydrogens is 350 g/mol. The smallest absolute Gasteiger partial charge is 0.282 e. The van der Waals surface area contributed by atoms with Crippen molar-refractivity contribution < 1.29 is 9.59 Å². The van der Waals surface area contributed by atoms with Gasteiger partial charge in [-0.3, -0.25) is 9.59 Å². The minimum absolute atomic E-state index is 0.0206. The molecule has 1 aliphatic heterocycles. The van der Waals surface area contributed by atoms with Crippen molar-refractivity contribution in [2.45, 2.75) is 32.6 Å². The third-order valence-electron chi connectivity index (χ3n) is 4.60. The Morgan fingerprint density at radius 3 is 2.69 bits per heavy atom. The van der Waals surface area contributed by atoms with Crippen molar-refractivity contribution in [1.29, 1.82) is 0 Å². The van der Waals surface area contributed by atoms with Crippen LogP contribution in [0.2, 0.25) is 0 Å². The molecular formula is C18H23N5O2S. The molecule has 0 spiro atoms. The van der Waals surface area contributed by atoms with E-state index in [0.717, 1.165) is 18.5 Å². The van der Waals surface area contributed by atoms with E-state index in [2.05, 4.69) is 34.3 Å². The normalized spacial score (nSPS) is 15.3. The molecule has 138 valence electrons. The third-order valence-corrected chi connectivity index (χ3v) is 5.44. The molecule has 1 saturated heterocycles. The second kappa shape index (κ2) is 8.35. The molecule has 0 atom stereocenters. The molecule has 0 unspecified atom stereocenters. The van der Waals surface area contributed by atoms with Gasteiger partial charge >= 0.3 is 0 Å². The van der Waals surface area contributed by atoms with E-state index in [1.807, 2.05) is 10.3 Å². The fourth-order valence-electron chi connectivity index (χ4n) is 2.89. The third kappa shape index (κ3) is 4.43. The van der Waals surface area contributed by atoms with E-state index < -0.39 is 0 Å². The summed E-state index contributed by atoms with van der Waals surface area (Å²) in [4.78, 5) is 31.0. The maximum atomic E-state index is 12.6. The van der Waals surface area contributed by atoms with Crippen LogP contribution in [0.15, 0.2) is 23.8 Å². The monoisotopic (exact) mass is 373 g/mol. The van der Waals surface area contributed by atoms with Crippen molar-refractivity contribution in [1.82, 2.24) is 25.4 Å². The van der Waals surface area contributed by atoms with Gasteiger partial charge in [0.25, 0.3) is 11.8 Å². The number of nitrogens with one attached hydrogen (secondary N) is 1. The van der Waals surface area contributed by atoms with E-state index in [-0.39, 0.29) is 11.8 Å². The maximum Gasteiger partial charge on any atom is 0.282 e. The largest absolute Gasteiger partial charge is 0.352 e. The summed E-state index contributed by atoms with van der Waals surface area (Å²) in [5, 5.41) is 12.9. The van der Waals surface area contributed by atoms with Gasteiger partial charge in [-0.2, -0.15) is 10.2 Å². The summed E-state index contributed by atoms with van der Waals surface area (Å²) in [5.74, 6) is 0.590. The molecule has 3 heterocycles. The first-order valence-corrected chi connectivity index (χ1v) is 9.72. The fourth-order valence-corrected chi connectivity index (χ4v) is 3.83. The number of carbonyl (C=O) groups excluding carboxylic acids is 2. The lowest BCUT2D eigenvalue weighted by Gasteiger charge is -2.31. The standard InChI is InChI=1S/C18H23N5O2S/c1-12(2)15-11-26-17(22-15)18(25)23-7-4-13(5-8-23)9-19-16(24)14-3-6-20-21-10-14/h3,6,10-13H,4-5,7-9H2,1-2H3,(H,19,24). The Kier molecular flexibility index (Phi) is 5.92. The van der Waals surface area contributed by atoms with Gasteiger partial charge < -0.3 is 10.2 Å². The number of nitrogens with zero attached hydrogens (tertiary/aromatic N) is 4. The first-order chi connectivity index (χ1) is 12.5. The van der Waals surface area contributed by atoms with Crippen LogP contribution in [0.3, 0.4) is 0 Å². The Morgan fingerprint density at radius 2 is 2.08 bits per heavy atom. The van der Waals surface area contributed by atoms with Crippen molar-refractivity contribution in [3.8, 4) is 0 Å². The van der Waals surface area contributed by atoms with E-state index >= 15 is 0 Å². The van der Waals surface area contributed by atoms with Gasteiger partial charge in [0.15, 0.2) is 5.01 Å². The van der Waals surface area contributed by atoms with Crippen LogP contribution in [0.1, 0.15) is 58.5 Å². The van der Waals surface area contributed by atoms with Gasteiger partial charge in [-0.15, -0.1) is 11.3 Å². The second-order valence-corrected chi connectivity index (χ2v) is 7.67. The lowest BCUT2D eigenvalue weighted by molar-refractivity contribution is 0.0683. The van der Waals surface area contributed by atoms with Gasteiger partial charge in [0, 0.05) is 25.0 Å². The van der Waals surface area contributed by atoms with E-state index in [0.29, 0.717) is 42.0 Å². The van der Waals surface area contributed by atoms with E-state index in [1.54, 1.807) is 6.07 Å². The van der Waals surface area contributed by atoms with Crippen LogP contribution in [0.5, 0.6) is 0 Å². The summed E-state index contributed by atoms with van der Waals surface area (Å²) in [6.07, 6.45) is 4.71. The highest BCUT2D eigenvalue weighted by Crippen LogP contribution is 2.22. The Labute approximate surface area is 156 Å². The van der Waals surface area contributed by atoms with Crippen LogP contribution < -0.4 is 5.32 Å². The van der Waals surface area contributed by atoms with Crippen LogP contribution in [-0.4, -0.2) is 51.5 Å². The van der Waals surface area contributed by atoms with Gasteiger partial charge in [-0.05, 0) is 30.7 Å². The molecule has 0 aliphatic carbocycles. The molecule has 0 aromatic carbocycles. The molecule has 1 N–H and O–H groups in total. The molecule has 2 amide bonds. The van der Waals surface area contributed by atoms with Crippen molar-refractivity contribution >= 4 is 23.2 Å². The Morgan fingerprint density at radius 1 is 1.31 bits per heavy atom. The Balaban J connectivity index is 1.46. The molecule has 0 bridgehead atoms. The summed E-state index contributed by atoms with van der Waals surface area (Å²) < 4.78 is 0. The maximum absolute atomic E-state index is 12.6. The minimum atomic E-state index is -0.137. The lowest BCUT2D eigenvalue weighted by Crippen LogP contribution is -2.41. The highest BCUT2D eigenvalue weighted by molar-refractivity contribution is 7.11. The van der Waals surface area contributed by atoms with E-state index in [1.165, 1.54) is 23.7 Å². The first-order valence-electron chi connectivity index (χ1n) is 8.84. The topological polar surface area (TPSA) is 88.1 Å². The van der Waals surface area contributed by atoms with Crippen LogP contribution in [0.4, 0.5) is 0 Å². The zero-order chi connectivity index (χ0) is 18.5. The van der Waals surface area contributed by atoms with Crippen molar-refractivity contribution in [2.24, 2.45) is 5.92 Å². The quantitative estimate of drug-likeness (QED) is 0.869. The summed E-state index contributed by atoms with van der Waals surface area (Å²) >= 11 is 1.42. The van der Waals surface area contributed by atoms with Crippen molar-refractivity contribution in [3.63, 3.8) is 0 Å². The number of rotatable bonds is 5. The Hall–Kier alpha value is -2.35. The number of aromatic nitrogens is 3. The molecule has 0 saturated carbocycles. The zero-order valence-corrected chi connectivity index (χ0v) is 15.8. The predicted molar refractivity (Wildman–Crippen MR) is 99.2 cm³/mol. The number of hydrogen-bond donors (Lipinski definition) is 1. The number of piperidine rings is 1. The minimum Gasteiger partial charge on any atom is -0.352 e. The Bertz CT molecular complexity index is 754. The van der Waals surface area contributed by atoms with Crippen LogP contribution in [0, 0.1) is 5.92 Å². The average Bonchev–Trinajstić information content (AvgIpc) is 3.17. The molecule has 3 rings (SSSR count). The van der Waals surface area contributed by atoms with Gasteiger partial charge in [-0.1, -0.05) is 13.8 Å². The molecule has 7 nitrogen and oxygen atoms in total. The number of hydrogen-bond acceptors (Lipinski definition) is 6. The zero-order valence-electron chi connectivity index (χ0n) is 15.0. The van der Waals surface area contributed by atoms with E-state index in [4.69, 9.17) is 0 Å². The van der Waals surface area contributed by atoms with Crippen molar-refractivity contribution in [3.05, 3.63) is 40.1 Å². The molecule has 1 fully saturated rings. The lowest BCUT2D eigenvalue weighted by atomic mass is 9.96. The highest BCUT2D eigenvalue weighted by atomic mass is 32.1. The summed E-state index contributed by atoms with van der Waals surface area (Å²) in [6, 6.07) is 1.64. The van der Waals surface area contributed by atoms with Crippen molar-refractivity contribution in [2.75, 3.05) is 19.6 Å². The van der Waals surface area contributed by atoms with Gasteiger partial charge in [0.05, 0.1) is 23.7 Å². The number of thiazole rings is 1. The second-order valence-electron chi connectivity index (χ2n) is 6.81. The predicted octanol–water partition coefficient (Wildman–Crippen LogP) is 2.34. The number of likely N-dealkylation sites (tertiary alicyclic amines) is 1.